The molecule has 2 aromatic rings. The van der Waals surface area contributed by atoms with Crippen LogP contribution in [0.25, 0.3) is 0 Å². The van der Waals surface area contributed by atoms with Gasteiger partial charge in [0, 0.05) is 23.6 Å². The average molecular weight is 370 g/mol. The fourth-order valence-electron chi connectivity index (χ4n) is 3.35. The molecule has 1 amide bonds. The summed E-state index contributed by atoms with van der Waals surface area (Å²) in [6, 6.07) is 11.5. The van der Waals surface area contributed by atoms with Crippen molar-refractivity contribution in [3.05, 3.63) is 63.7 Å². The van der Waals surface area contributed by atoms with Crippen LogP contribution in [0.5, 0.6) is 11.5 Å². The predicted octanol–water partition coefficient (Wildman–Crippen LogP) is 3.56. The number of benzene rings is 2. The fourth-order valence-corrected chi connectivity index (χ4v) is 3.35. The number of methoxy groups -OCH3 is 1. The second-order valence-corrected chi connectivity index (χ2v) is 7.15. The highest BCUT2D eigenvalue weighted by atomic mass is 16.6. The molecular weight excluding hydrogens is 348 g/mol. The number of rotatable bonds is 5. The van der Waals surface area contributed by atoms with E-state index in [1.165, 1.54) is 6.07 Å². The van der Waals surface area contributed by atoms with E-state index >= 15 is 0 Å². The Bertz CT molecular complexity index is 878. The molecule has 0 radical (unpaired) electrons. The summed E-state index contributed by atoms with van der Waals surface area (Å²) in [7, 11) is 1.58. The molecule has 0 aliphatic carbocycles. The maximum atomic E-state index is 12.6. The first kappa shape index (κ1) is 18.7. The van der Waals surface area contributed by atoms with Gasteiger partial charge in [-0.2, -0.15) is 0 Å². The first-order valence-corrected chi connectivity index (χ1v) is 8.68. The predicted molar refractivity (Wildman–Crippen MR) is 100 cm³/mol. The molecule has 1 heterocycles. The summed E-state index contributed by atoms with van der Waals surface area (Å²) in [5.74, 6) is 1.10. The minimum absolute atomic E-state index is 0.0537. The number of carbonyl (C=O) groups is 1. The minimum Gasteiger partial charge on any atom is -0.497 e. The van der Waals surface area contributed by atoms with Crippen molar-refractivity contribution in [2.75, 3.05) is 7.11 Å². The van der Waals surface area contributed by atoms with Crippen molar-refractivity contribution < 1.29 is 19.2 Å². The first-order chi connectivity index (χ1) is 12.8. The van der Waals surface area contributed by atoms with Crippen LogP contribution < -0.4 is 14.8 Å². The van der Waals surface area contributed by atoms with Crippen molar-refractivity contribution in [3.8, 4) is 11.5 Å². The quantitative estimate of drug-likeness (QED) is 0.642. The Labute approximate surface area is 157 Å². The lowest BCUT2D eigenvalue weighted by Crippen LogP contribution is -2.41. The molecule has 0 fully saturated rings. The standard InChI is InChI=1S/C20H22N2O5/c1-20(2)12-16(15-11-14(26-3)8-9-18(15)27-20)21-19(23)10-13-6-4-5-7-17(13)22(24)25/h4-9,11,16H,10,12H2,1-3H3,(H,21,23). The molecule has 1 unspecified atom stereocenters. The number of nitrogens with one attached hydrogen (secondary N) is 1. The second-order valence-electron chi connectivity index (χ2n) is 7.15. The molecule has 0 aromatic heterocycles. The van der Waals surface area contributed by atoms with Crippen LogP contribution in [0.15, 0.2) is 42.5 Å². The number of hydrogen-bond donors (Lipinski definition) is 1. The molecule has 2 aromatic carbocycles. The summed E-state index contributed by atoms with van der Waals surface area (Å²) in [5.41, 5.74) is 0.724. The van der Waals surface area contributed by atoms with Gasteiger partial charge in [0.05, 0.1) is 24.5 Å². The number of nitro groups is 1. The van der Waals surface area contributed by atoms with Gasteiger partial charge in [0.1, 0.15) is 17.1 Å². The molecule has 0 saturated carbocycles. The third-order valence-corrected chi connectivity index (χ3v) is 4.55. The second kappa shape index (κ2) is 7.26. The van der Waals surface area contributed by atoms with Gasteiger partial charge in [-0.1, -0.05) is 18.2 Å². The lowest BCUT2D eigenvalue weighted by atomic mass is 9.89. The topological polar surface area (TPSA) is 90.7 Å². The van der Waals surface area contributed by atoms with E-state index in [1.807, 2.05) is 32.0 Å². The van der Waals surface area contributed by atoms with Crippen LogP contribution in [0.4, 0.5) is 5.69 Å². The van der Waals surface area contributed by atoms with Gasteiger partial charge in [-0.05, 0) is 32.0 Å². The highest BCUT2D eigenvalue weighted by molar-refractivity contribution is 5.80. The zero-order chi connectivity index (χ0) is 19.6. The Kier molecular flexibility index (Phi) is 5.03. The SMILES string of the molecule is COc1ccc2c(c1)C(NC(=O)Cc1ccccc1[N+](=O)[O-])CC(C)(C)O2. The van der Waals surface area contributed by atoms with Gasteiger partial charge in [-0.25, -0.2) is 0 Å². The van der Waals surface area contributed by atoms with Gasteiger partial charge < -0.3 is 14.8 Å². The lowest BCUT2D eigenvalue weighted by Gasteiger charge is -2.38. The minimum atomic E-state index is -0.472. The monoisotopic (exact) mass is 370 g/mol. The third-order valence-electron chi connectivity index (χ3n) is 4.55. The Morgan fingerprint density at radius 2 is 2.07 bits per heavy atom. The van der Waals surface area contributed by atoms with Gasteiger partial charge in [0.15, 0.2) is 0 Å². The summed E-state index contributed by atoms with van der Waals surface area (Å²) in [4.78, 5) is 23.3. The zero-order valence-electron chi connectivity index (χ0n) is 15.5. The Balaban J connectivity index is 1.83. The number of para-hydroxylation sites is 1. The zero-order valence-corrected chi connectivity index (χ0v) is 15.5. The van der Waals surface area contributed by atoms with E-state index in [0.717, 1.165) is 5.56 Å². The van der Waals surface area contributed by atoms with Crippen LogP contribution in [0, 0.1) is 10.1 Å². The molecular formula is C20H22N2O5. The largest absolute Gasteiger partial charge is 0.497 e. The number of nitro benzene ring substituents is 1. The highest BCUT2D eigenvalue weighted by Crippen LogP contribution is 2.41. The normalized spacial score (nSPS) is 17.4. The average Bonchev–Trinajstić information content (AvgIpc) is 2.60. The number of nitrogens with zero attached hydrogens (tertiary/aromatic N) is 1. The molecule has 27 heavy (non-hydrogen) atoms. The number of amides is 1. The molecule has 1 aliphatic rings. The molecule has 1 aliphatic heterocycles. The molecule has 3 rings (SSSR count). The lowest BCUT2D eigenvalue weighted by molar-refractivity contribution is -0.385. The maximum absolute atomic E-state index is 12.6. The smallest absolute Gasteiger partial charge is 0.273 e. The van der Waals surface area contributed by atoms with E-state index in [-0.39, 0.29) is 24.1 Å². The molecule has 1 N–H and O–H groups in total. The van der Waals surface area contributed by atoms with Crippen LogP contribution in [0.3, 0.4) is 0 Å². The van der Waals surface area contributed by atoms with E-state index in [1.54, 1.807) is 25.3 Å². The molecule has 142 valence electrons. The van der Waals surface area contributed by atoms with E-state index < -0.39 is 10.5 Å². The van der Waals surface area contributed by atoms with Gasteiger partial charge in [0.25, 0.3) is 5.69 Å². The number of fused-ring (bicyclic) bond motifs is 1. The van der Waals surface area contributed by atoms with E-state index in [9.17, 15) is 14.9 Å². The van der Waals surface area contributed by atoms with Crippen LogP contribution >= 0.6 is 0 Å². The molecule has 0 saturated heterocycles. The van der Waals surface area contributed by atoms with Crippen LogP contribution in [-0.4, -0.2) is 23.5 Å². The summed E-state index contributed by atoms with van der Waals surface area (Å²) in [6.45, 7) is 3.92. The Morgan fingerprint density at radius 3 is 2.78 bits per heavy atom. The summed E-state index contributed by atoms with van der Waals surface area (Å²) in [6.07, 6.45) is 0.518. The van der Waals surface area contributed by atoms with Gasteiger partial charge in [-0.3, -0.25) is 14.9 Å². The van der Waals surface area contributed by atoms with Crippen LogP contribution in [0.2, 0.25) is 0 Å². The Morgan fingerprint density at radius 1 is 1.33 bits per heavy atom. The number of hydrogen-bond acceptors (Lipinski definition) is 5. The van der Waals surface area contributed by atoms with Crippen LogP contribution in [-0.2, 0) is 11.2 Å². The van der Waals surface area contributed by atoms with Gasteiger partial charge >= 0.3 is 0 Å². The maximum Gasteiger partial charge on any atom is 0.273 e. The van der Waals surface area contributed by atoms with Crippen molar-refractivity contribution in [1.82, 2.24) is 5.32 Å². The van der Waals surface area contributed by atoms with Gasteiger partial charge in [0.2, 0.25) is 5.91 Å². The van der Waals surface area contributed by atoms with Crippen molar-refractivity contribution in [2.24, 2.45) is 0 Å². The number of carbonyl (C=O) groups excluding carboxylic acids is 1. The highest BCUT2D eigenvalue weighted by Gasteiger charge is 2.35. The fraction of sp³-hybridized carbons (Fsp3) is 0.350. The summed E-state index contributed by atoms with van der Waals surface area (Å²) in [5, 5.41) is 14.2. The van der Waals surface area contributed by atoms with E-state index in [2.05, 4.69) is 5.32 Å². The van der Waals surface area contributed by atoms with Crippen molar-refractivity contribution in [3.63, 3.8) is 0 Å². The third kappa shape index (κ3) is 4.19. The molecule has 1 atom stereocenters. The Hall–Kier alpha value is -3.09. The van der Waals surface area contributed by atoms with E-state index in [4.69, 9.17) is 9.47 Å². The van der Waals surface area contributed by atoms with Crippen molar-refractivity contribution >= 4 is 11.6 Å². The molecule has 7 nitrogen and oxygen atoms in total. The van der Waals surface area contributed by atoms with Crippen molar-refractivity contribution in [1.29, 1.82) is 0 Å². The molecule has 7 heteroatoms. The first-order valence-electron chi connectivity index (χ1n) is 8.68. The van der Waals surface area contributed by atoms with Gasteiger partial charge in [-0.15, -0.1) is 0 Å². The van der Waals surface area contributed by atoms with E-state index in [0.29, 0.717) is 23.5 Å². The molecule has 0 bridgehead atoms. The van der Waals surface area contributed by atoms with Crippen LogP contribution in [0.1, 0.15) is 37.4 Å². The number of ether oxygens (including phenoxy) is 2. The van der Waals surface area contributed by atoms with Crippen molar-refractivity contribution in [2.45, 2.75) is 38.3 Å². The molecule has 0 spiro atoms. The summed E-state index contributed by atoms with van der Waals surface area (Å²) >= 11 is 0. The summed E-state index contributed by atoms with van der Waals surface area (Å²) < 4.78 is 11.3.